The zero-order chi connectivity index (χ0) is 19.9. The minimum atomic E-state index is -3.33. The lowest BCUT2D eigenvalue weighted by atomic mass is 10.1. The number of hydrogen-bond donors (Lipinski definition) is 1. The van der Waals surface area contributed by atoms with Crippen LogP contribution >= 0.6 is 0 Å². The number of fused-ring (bicyclic) bond motifs is 1. The molecule has 4 rings (SSSR count). The summed E-state index contributed by atoms with van der Waals surface area (Å²) < 4.78 is 30.9. The molecular formula is C20H18N2O5S. The van der Waals surface area contributed by atoms with Crippen LogP contribution in [0.3, 0.4) is 0 Å². The third-order valence-electron chi connectivity index (χ3n) is 4.74. The summed E-state index contributed by atoms with van der Waals surface area (Å²) in [6, 6.07) is 13.5. The number of nitrogens with zero attached hydrogens (tertiary/aromatic N) is 1. The molecule has 0 aliphatic carbocycles. The lowest BCUT2D eigenvalue weighted by Crippen LogP contribution is -2.25. The van der Waals surface area contributed by atoms with Crippen molar-refractivity contribution in [3.63, 3.8) is 0 Å². The van der Waals surface area contributed by atoms with Crippen molar-refractivity contribution in [1.29, 1.82) is 0 Å². The monoisotopic (exact) mass is 398 g/mol. The highest BCUT2D eigenvalue weighted by molar-refractivity contribution is 7.93. The molecule has 8 heteroatoms. The van der Waals surface area contributed by atoms with Crippen LogP contribution in [0.2, 0.25) is 0 Å². The minimum absolute atomic E-state index is 0.112. The number of para-hydroxylation sites is 1. The molecule has 0 saturated carbocycles. The summed E-state index contributed by atoms with van der Waals surface area (Å²) in [6.07, 6.45) is 0.566. The second-order valence-electron chi connectivity index (χ2n) is 6.68. The van der Waals surface area contributed by atoms with Gasteiger partial charge in [-0.1, -0.05) is 24.3 Å². The summed E-state index contributed by atoms with van der Waals surface area (Å²) in [5, 5.41) is 3.34. The van der Waals surface area contributed by atoms with Gasteiger partial charge in [-0.3, -0.25) is 9.10 Å². The number of hydrogen-bond acceptors (Lipinski definition) is 5. The molecule has 7 nitrogen and oxygen atoms in total. The molecule has 0 atom stereocenters. The molecule has 28 heavy (non-hydrogen) atoms. The second-order valence-corrected chi connectivity index (χ2v) is 8.69. The normalized spacial score (nSPS) is 15.7. The van der Waals surface area contributed by atoms with Crippen molar-refractivity contribution < 1.29 is 17.6 Å². The molecule has 0 unspecified atom stereocenters. The summed E-state index contributed by atoms with van der Waals surface area (Å²) in [7, 11) is -3.33. The van der Waals surface area contributed by atoms with Gasteiger partial charge in [-0.2, -0.15) is 0 Å². The maximum atomic E-state index is 12.7. The zero-order valence-corrected chi connectivity index (χ0v) is 16.0. The van der Waals surface area contributed by atoms with E-state index in [0.717, 1.165) is 5.56 Å². The average molecular weight is 398 g/mol. The number of aryl methyl sites for hydroxylation is 1. The standard InChI is InChI=1S/C20H18N2O5S/c1-13-7-8-15(22-9-4-10-28(22,25)26)12-17(13)21-19(23)16-11-14-5-2-3-6-18(14)27-20(16)24/h2-3,5-8,11-12H,4,9-10H2,1H3,(H,21,23). The van der Waals surface area contributed by atoms with Gasteiger partial charge in [0.1, 0.15) is 11.1 Å². The number of carbonyl (C=O) groups is 1. The fourth-order valence-electron chi connectivity index (χ4n) is 3.24. The topological polar surface area (TPSA) is 96.7 Å². The zero-order valence-electron chi connectivity index (χ0n) is 15.1. The van der Waals surface area contributed by atoms with Crippen LogP contribution in [-0.2, 0) is 10.0 Å². The lowest BCUT2D eigenvalue weighted by Gasteiger charge is -2.19. The Hall–Kier alpha value is -3.13. The van der Waals surface area contributed by atoms with E-state index in [9.17, 15) is 18.0 Å². The van der Waals surface area contributed by atoms with Crippen molar-refractivity contribution in [1.82, 2.24) is 0 Å². The molecule has 1 saturated heterocycles. The summed E-state index contributed by atoms with van der Waals surface area (Å²) in [6.45, 7) is 2.20. The third kappa shape index (κ3) is 3.27. The lowest BCUT2D eigenvalue weighted by molar-refractivity contribution is 0.102. The van der Waals surface area contributed by atoms with Crippen molar-refractivity contribution in [2.75, 3.05) is 21.9 Å². The highest BCUT2D eigenvalue weighted by Crippen LogP contribution is 2.28. The molecule has 144 valence electrons. The highest BCUT2D eigenvalue weighted by atomic mass is 32.2. The van der Waals surface area contributed by atoms with Crippen LogP contribution in [0.4, 0.5) is 11.4 Å². The first-order valence-corrected chi connectivity index (χ1v) is 10.4. The van der Waals surface area contributed by atoms with E-state index in [1.807, 2.05) is 0 Å². The first-order chi connectivity index (χ1) is 13.3. The van der Waals surface area contributed by atoms with Gasteiger partial charge in [0.2, 0.25) is 10.0 Å². The van der Waals surface area contributed by atoms with E-state index in [0.29, 0.717) is 35.3 Å². The van der Waals surface area contributed by atoms with Crippen LogP contribution in [0, 0.1) is 6.92 Å². The molecule has 0 bridgehead atoms. The molecule has 1 N–H and O–H groups in total. The summed E-state index contributed by atoms with van der Waals surface area (Å²) in [5.74, 6) is -0.496. The Labute approximate surface area is 161 Å². The summed E-state index contributed by atoms with van der Waals surface area (Å²) in [4.78, 5) is 24.9. The van der Waals surface area contributed by atoms with Crippen LogP contribution in [-0.4, -0.2) is 26.6 Å². The minimum Gasteiger partial charge on any atom is -0.422 e. The number of sulfonamides is 1. The number of nitrogens with one attached hydrogen (secondary N) is 1. The van der Waals surface area contributed by atoms with E-state index in [1.54, 1.807) is 49.4 Å². The molecule has 0 spiro atoms. The van der Waals surface area contributed by atoms with Crippen molar-refractivity contribution in [3.05, 3.63) is 70.1 Å². The van der Waals surface area contributed by atoms with Crippen molar-refractivity contribution in [2.24, 2.45) is 0 Å². The summed E-state index contributed by atoms with van der Waals surface area (Å²) in [5.41, 5.74) is 1.24. The van der Waals surface area contributed by atoms with Crippen LogP contribution in [0.5, 0.6) is 0 Å². The highest BCUT2D eigenvalue weighted by Gasteiger charge is 2.28. The maximum Gasteiger partial charge on any atom is 0.349 e. The maximum absolute atomic E-state index is 12.7. The van der Waals surface area contributed by atoms with E-state index in [-0.39, 0.29) is 11.3 Å². The molecule has 2 heterocycles. The van der Waals surface area contributed by atoms with Gasteiger partial charge in [-0.25, -0.2) is 13.2 Å². The van der Waals surface area contributed by atoms with Crippen molar-refractivity contribution in [3.8, 4) is 0 Å². The Kier molecular flexibility index (Phi) is 4.43. The first-order valence-electron chi connectivity index (χ1n) is 8.80. The molecule has 1 aromatic heterocycles. The molecule has 0 radical (unpaired) electrons. The Balaban J connectivity index is 1.67. The fourth-order valence-corrected chi connectivity index (χ4v) is 4.80. The van der Waals surface area contributed by atoms with Gasteiger partial charge in [0, 0.05) is 17.6 Å². The molecule has 1 aliphatic rings. The van der Waals surface area contributed by atoms with Gasteiger partial charge in [0.25, 0.3) is 5.91 Å². The van der Waals surface area contributed by atoms with E-state index in [1.165, 1.54) is 10.4 Å². The Morgan fingerprint density at radius 3 is 2.68 bits per heavy atom. The Morgan fingerprint density at radius 1 is 1.14 bits per heavy atom. The number of anilines is 2. The van der Waals surface area contributed by atoms with Crippen LogP contribution in [0.25, 0.3) is 11.0 Å². The van der Waals surface area contributed by atoms with Crippen molar-refractivity contribution in [2.45, 2.75) is 13.3 Å². The Bertz CT molecular complexity index is 1250. The fraction of sp³-hybridized carbons (Fsp3) is 0.200. The first kappa shape index (κ1) is 18.2. The number of benzene rings is 2. The van der Waals surface area contributed by atoms with Gasteiger partial charge >= 0.3 is 5.63 Å². The molecular weight excluding hydrogens is 380 g/mol. The predicted octanol–water partition coefficient (Wildman–Crippen LogP) is 2.89. The van der Waals surface area contributed by atoms with E-state index in [4.69, 9.17) is 4.42 Å². The molecule has 2 aromatic carbocycles. The summed E-state index contributed by atoms with van der Waals surface area (Å²) >= 11 is 0. The van der Waals surface area contributed by atoms with E-state index in [2.05, 4.69) is 5.32 Å². The molecule has 3 aromatic rings. The van der Waals surface area contributed by atoms with Gasteiger partial charge in [-0.15, -0.1) is 0 Å². The average Bonchev–Trinajstić information content (AvgIpc) is 3.02. The van der Waals surface area contributed by atoms with E-state index < -0.39 is 21.6 Å². The van der Waals surface area contributed by atoms with Crippen LogP contribution in [0.1, 0.15) is 22.3 Å². The Morgan fingerprint density at radius 2 is 1.93 bits per heavy atom. The second kappa shape index (κ2) is 6.79. The molecule has 1 fully saturated rings. The number of rotatable bonds is 3. The number of carbonyl (C=O) groups excluding carboxylic acids is 1. The predicted molar refractivity (Wildman–Crippen MR) is 107 cm³/mol. The van der Waals surface area contributed by atoms with Gasteiger partial charge in [0.15, 0.2) is 0 Å². The van der Waals surface area contributed by atoms with E-state index >= 15 is 0 Å². The smallest absolute Gasteiger partial charge is 0.349 e. The third-order valence-corrected chi connectivity index (χ3v) is 6.61. The van der Waals surface area contributed by atoms with Crippen LogP contribution < -0.4 is 15.2 Å². The molecule has 1 amide bonds. The largest absolute Gasteiger partial charge is 0.422 e. The quantitative estimate of drug-likeness (QED) is 0.685. The van der Waals surface area contributed by atoms with Gasteiger partial charge in [-0.05, 0) is 43.2 Å². The van der Waals surface area contributed by atoms with Crippen molar-refractivity contribution >= 4 is 38.3 Å². The SMILES string of the molecule is Cc1ccc(N2CCCS2(=O)=O)cc1NC(=O)c1cc2ccccc2oc1=O. The van der Waals surface area contributed by atoms with Gasteiger partial charge in [0.05, 0.1) is 11.4 Å². The van der Waals surface area contributed by atoms with Crippen LogP contribution in [0.15, 0.2) is 57.7 Å². The number of amides is 1. The molecule has 1 aliphatic heterocycles. The van der Waals surface area contributed by atoms with Gasteiger partial charge < -0.3 is 9.73 Å².